The minimum atomic E-state index is -2.56. The molecule has 1 rings (SSSR count). The highest BCUT2D eigenvalue weighted by Gasteiger charge is 2.19. The number of ether oxygens (including phenoxy) is 1. The van der Waals surface area contributed by atoms with E-state index in [0.717, 1.165) is 0 Å². The molecule has 0 aliphatic carbocycles. The minimum Gasteiger partial charge on any atom is -0.473 e. The van der Waals surface area contributed by atoms with Crippen molar-refractivity contribution in [2.24, 2.45) is 0 Å². The lowest BCUT2D eigenvalue weighted by atomic mass is 10.3. The van der Waals surface area contributed by atoms with Crippen LogP contribution in [0.15, 0.2) is 6.33 Å². The van der Waals surface area contributed by atoms with Gasteiger partial charge in [-0.05, 0) is 13.8 Å². The molecule has 0 saturated heterocycles. The fraction of sp³-hybridized carbons (Fsp3) is 0.636. The molecule has 1 aromatic heterocycles. The first-order chi connectivity index (χ1) is 8.95. The van der Waals surface area contributed by atoms with Crippen LogP contribution in [0.4, 0.5) is 20.3 Å². The summed E-state index contributed by atoms with van der Waals surface area (Å²) in [6.07, 6.45) is -1.51. The van der Waals surface area contributed by atoms with Crippen LogP contribution in [0, 0.1) is 0 Å². The number of nitrogen functional groups attached to an aromatic ring is 1. The molecular weight excluding hydrogens is 258 g/mol. The van der Waals surface area contributed by atoms with Crippen LogP contribution in [-0.4, -0.2) is 47.3 Å². The molecule has 0 radical (unpaired) electrons. The smallest absolute Gasteiger partial charge is 0.255 e. The molecule has 0 saturated carbocycles. The Morgan fingerprint density at radius 3 is 2.63 bits per heavy atom. The number of aliphatic hydroxyl groups is 1. The van der Waals surface area contributed by atoms with Crippen molar-refractivity contribution >= 4 is 11.5 Å². The van der Waals surface area contributed by atoms with E-state index in [1.807, 2.05) is 0 Å². The van der Waals surface area contributed by atoms with Gasteiger partial charge in [0.15, 0.2) is 5.82 Å². The molecule has 0 bridgehead atoms. The Hall–Kier alpha value is -1.70. The Balaban J connectivity index is 3.01. The highest BCUT2D eigenvalue weighted by Crippen LogP contribution is 2.28. The van der Waals surface area contributed by atoms with E-state index in [1.54, 1.807) is 13.8 Å². The Labute approximate surface area is 110 Å². The summed E-state index contributed by atoms with van der Waals surface area (Å²) >= 11 is 0. The lowest BCUT2D eigenvalue weighted by molar-refractivity contribution is 0.152. The highest BCUT2D eigenvalue weighted by molar-refractivity contribution is 5.67. The number of hydrogen-bond donors (Lipinski definition) is 2. The number of rotatable bonds is 7. The van der Waals surface area contributed by atoms with Crippen molar-refractivity contribution < 1.29 is 18.6 Å². The number of anilines is 2. The van der Waals surface area contributed by atoms with Crippen LogP contribution >= 0.6 is 0 Å². The molecule has 0 aliphatic heterocycles. The van der Waals surface area contributed by atoms with E-state index >= 15 is 0 Å². The number of nitrogens with two attached hydrogens (primary N) is 1. The highest BCUT2D eigenvalue weighted by atomic mass is 19.3. The van der Waals surface area contributed by atoms with Gasteiger partial charge in [0, 0.05) is 6.54 Å². The van der Waals surface area contributed by atoms with Crippen LogP contribution in [-0.2, 0) is 0 Å². The summed E-state index contributed by atoms with van der Waals surface area (Å²) in [5.41, 5.74) is 5.91. The predicted octanol–water partition coefficient (Wildman–Crippen LogP) is 0.910. The third kappa shape index (κ3) is 4.47. The second-order valence-corrected chi connectivity index (χ2v) is 4.14. The summed E-state index contributed by atoms with van der Waals surface area (Å²) in [5, 5.41) is 8.91. The lowest BCUT2D eigenvalue weighted by Gasteiger charge is -2.24. The van der Waals surface area contributed by atoms with Crippen LogP contribution in [0.25, 0.3) is 0 Å². The fourth-order valence-corrected chi connectivity index (χ4v) is 1.51. The second-order valence-electron chi connectivity index (χ2n) is 4.14. The molecule has 0 fully saturated rings. The summed E-state index contributed by atoms with van der Waals surface area (Å²) in [4.78, 5) is 8.95. The quantitative estimate of drug-likeness (QED) is 0.770. The zero-order chi connectivity index (χ0) is 14.4. The van der Waals surface area contributed by atoms with Crippen LogP contribution in [0.3, 0.4) is 0 Å². The molecule has 19 heavy (non-hydrogen) atoms. The first-order valence-corrected chi connectivity index (χ1v) is 5.86. The van der Waals surface area contributed by atoms with Gasteiger partial charge in [-0.15, -0.1) is 0 Å². The zero-order valence-corrected chi connectivity index (χ0v) is 10.9. The molecule has 3 N–H and O–H groups in total. The molecule has 1 aromatic rings. The maximum atomic E-state index is 12.5. The van der Waals surface area contributed by atoms with Gasteiger partial charge in [0.2, 0.25) is 5.88 Å². The summed E-state index contributed by atoms with van der Waals surface area (Å²) in [6, 6.07) is 0. The topological polar surface area (TPSA) is 84.5 Å². The van der Waals surface area contributed by atoms with Crippen LogP contribution < -0.4 is 15.4 Å². The van der Waals surface area contributed by atoms with E-state index in [0.29, 0.717) is 0 Å². The Morgan fingerprint density at radius 2 is 2.11 bits per heavy atom. The van der Waals surface area contributed by atoms with Gasteiger partial charge >= 0.3 is 0 Å². The number of alkyl halides is 2. The molecule has 0 spiro atoms. The molecule has 108 valence electrons. The van der Waals surface area contributed by atoms with Crippen LogP contribution in [0.5, 0.6) is 5.88 Å². The first-order valence-electron chi connectivity index (χ1n) is 5.86. The second kappa shape index (κ2) is 7.03. The van der Waals surface area contributed by atoms with E-state index in [1.165, 1.54) is 11.2 Å². The van der Waals surface area contributed by atoms with E-state index in [4.69, 9.17) is 15.6 Å². The largest absolute Gasteiger partial charge is 0.473 e. The summed E-state index contributed by atoms with van der Waals surface area (Å²) in [5.74, 6) is 0.289. The first kappa shape index (κ1) is 15.4. The third-order valence-corrected chi connectivity index (χ3v) is 2.20. The van der Waals surface area contributed by atoms with Crippen molar-refractivity contribution in [2.45, 2.75) is 26.4 Å². The number of halogens is 2. The van der Waals surface area contributed by atoms with E-state index in [9.17, 15) is 8.78 Å². The Kier molecular flexibility index (Phi) is 5.68. The van der Waals surface area contributed by atoms with Crippen molar-refractivity contribution in [3.05, 3.63) is 6.33 Å². The van der Waals surface area contributed by atoms with Crippen molar-refractivity contribution in [2.75, 3.05) is 30.3 Å². The molecule has 1 heterocycles. The normalized spacial score (nSPS) is 11.1. The fourth-order valence-electron chi connectivity index (χ4n) is 1.51. The van der Waals surface area contributed by atoms with Gasteiger partial charge < -0.3 is 20.5 Å². The van der Waals surface area contributed by atoms with E-state index in [2.05, 4.69) is 9.97 Å². The maximum Gasteiger partial charge on any atom is 0.255 e. The van der Waals surface area contributed by atoms with Crippen molar-refractivity contribution in [3.8, 4) is 5.88 Å². The minimum absolute atomic E-state index is 0.00662. The van der Waals surface area contributed by atoms with Gasteiger partial charge in [-0.25, -0.2) is 13.8 Å². The summed E-state index contributed by atoms with van der Waals surface area (Å²) in [6.45, 7) is 2.75. The lowest BCUT2D eigenvalue weighted by Crippen LogP contribution is -2.33. The number of aromatic nitrogens is 2. The molecular formula is C11H18F2N4O2. The van der Waals surface area contributed by atoms with Gasteiger partial charge in [0.1, 0.15) is 12.0 Å². The van der Waals surface area contributed by atoms with Gasteiger partial charge in [0.05, 0.1) is 19.3 Å². The molecule has 6 nitrogen and oxygen atoms in total. The molecule has 8 heteroatoms. The SMILES string of the molecule is CC(C)Oc1ncnc(N(CCO)CC(F)F)c1N. The third-order valence-electron chi connectivity index (χ3n) is 2.20. The maximum absolute atomic E-state index is 12.5. The van der Waals surface area contributed by atoms with E-state index < -0.39 is 13.0 Å². The molecule has 0 atom stereocenters. The number of hydrogen-bond acceptors (Lipinski definition) is 6. The average molecular weight is 276 g/mol. The zero-order valence-electron chi connectivity index (χ0n) is 10.9. The standard InChI is InChI=1S/C11H18F2N4O2/c1-7(2)19-11-9(14)10(15-6-16-11)17(3-4-18)5-8(12)13/h6-8,18H,3-5,14H2,1-2H3. The monoisotopic (exact) mass is 276 g/mol. The average Bonchev–Trinajstić information content (AvgIpc) is 2.30. The van der Waals surface area contributed by atoms with Crippen molar-refractivity contribution in [1.82, 2.24) is 9.97 Å². The Morgan fingerprint density at radius 1 is 1.42 bits per heavy atom. The van der Waals surface area contributed by atoms with Gasteiger partial charge in [-0.1, -0.05) is 0 Å². The number of aliphatic hydroxyl groups excluding tert-OH is 1. The van der Waals surface area contributed by atoms with Gasteiger partial charge in [-0.2, -0.15) is 4.98 Å². The molecule has 0 aliphatic rings. The Bertz CT molecular complexity index is 404. The van der Waals surface area contributed by atoms with Crippen LogP contribution in [0.2, 0.25) is 0 Å². The molecule has 0 unspecified atom stereocenters. The molecule has 0 amide bonds. The van der Waals surface area contributed by atoms with Gasteiger partial charge in [0.25, 0.3) is 6.43 Å². The number of nitrogens with zero attached hydrogens (tertiary/aromatic N) is 3. The van der Waals surface area contributed by atoms with Crippen LogP contribution in [0.1, 0.15) is 13.8 Å². The predicted molar refractivity (Wildman–Crippen MR) is 67.5 cm³/mol. The molecule has 0 aromatic carbocycles. The van der Waals surface area contributed by atoms with Crippen molar-refractivity contribution in [3.63, 3.8) is 0 Å². The van der Waals surface area contributed by atoms with Crippen molar-refractivity contribution in [1.29, 1.82) is 0 Å². The van der Waals surface area contributed by atoms with E-state index in [-0.39, 0.29) is 36.6 Å². The summed E-state index contributed by atoms with van der Waals surface area (Å²) < 4.78 is 30.4. The summed E-state index contributed by atoms with van der Waals surface area (Å²) in [7, 11) is 0. The van der Waals surface area contributed by atoms with Gasteiger partial charge in [-0.3, -0.25) is 0 Å².